The SMILES string of the molecule is CC(C)(C)c1csc(-c2ccc(F)c3ccccc23)n1. The highest BCUT2D eigenvalue weighted by molar-refractivity contribution is 7.13. The van der Waals surface area contributed by atoms with Gasteiger partial charge in [-0.3, -0.25) is 0 Å². The number of rotatable bonds is 1. The minimum absolute atomic E-state index is 0.0323. The summed E-state index contributed by atoms with van der Waals surface area (Å²) in [5, 5.41) is 4.61. The van der Waals surface area contributed by atoms with Crippen LogP contribution in [-0.2, 0) is 5.41 Å². The van der Waals surface area contributed by atoms with Crippen molar-refractivity contribution >= 4 is 22.1 Å². The maximum atomic E-state index is 13.9. The smallest absolute Gasteiger partial charge is 0.131 e. The third-order valence-electron chi connectivity index (χ3n) is 3.37. The van der Waals surface area contributed by atoms with Crippen LogP contribution in [0.1, 0.15) is 26.5 Å². The lowest BCUT2D eigenvalue weighted by Crippen LogP contribution is -2.11. The average molecular weight is 285 g/mol. The van der Waals surface area contributed by atoms with Crippen molar-refractivity contribution < 1.29 is 4.39 Å². The van der Waals surface area contributed by atoms with Gasteiger partial charge in [-0.05, 0) is 17.5 Å². The van der Waals surface area contributed by atoms with Gasteiger partial charge in [0.15, 0.2) is 0 Å². The van der Waals surface area contributed by atoms with Crippen molar-refractivity contribution in [2.24, 2.45) is 0 Å². The minimum atomic E-state index is -0.183. The first-order valence-corrected chi connectivity index (χ1v) is 7.48. The van der Waals surface area contributed by atoms with E-state index in [9.17, 15) is 4.39 Å². The van der Waals surface area contributed by atoms with E-state index in [1.165, 1.54) is 6.07 Å². The summed E-state index contributed by atoms with van der Waals surface area (Å²) in [6.45, 7) is 6.44. The Morgan fingerprint density at radius 3 is 2.35 bits per heavy atom. The quantitative estimate of drug-likeness (QED) is 0.583. The van der Waals surface area contributed by atoms with Gasteiger partial charge in [0.25, 0.3) is 0 Å². The Balaban J connectivity index is 2.20. The maximum Gasteiger partial charge on any atom is 0.131 e. The molecule has 0 aliphatic rings. The Hall–Kier alpha value is -1.74. The summed E-state index contributed by atoms with van der Waals surface area (Å²) in [5.74, 6) is -0.183. The molecule has 1 nitrogen and oxygen atoms in total. The van der Waals surface area contributed by atoms with E-state index in [1.54, 1.807) is 11.3 Å². The first-order valence-electron chi connectivity index (χ1n) is 6.60. The number of thiazole rings is 1. The van der Waals surface area contributed by atoms with Gasteiger partial charge in [0.05, 0.1) is 5.69 Å². The van der Waals surface area contributed by atoms with Gasteiger partial charge >= 0.3 is 0 Å². The van der Waals surface area contributed by atoms with Crippen LogP contribution >= 0.6 is 11.3 Å². The molecule has 0 unspecified atom stereocenters. The van der Waals surface area contributed by atoms with Gasteiger partial charge in [0.1, 0.15) is 10.8 Å². The average Bonchev–Trinajstić information content (AvgIpc) is 2.89. The Labute approximate surface area is 122 Å². The van der Waals surface area contributed by atoms with Crippen LogP contribution in [-0.4, -0.2) is 4.98 Å². The summed E-state index contributed by atoms with van der Waals surface area (Å²) in [4.78, 5) is 4.73. The van der Waals surface area contributed by atoms with E-state index in [2.05, 4.69) is 26.2 Å². The van der Waals surface area contributed by atoms with Crippen LogP contribution in [0.2, 0.25) is 0 Å². The fourth-order valence-corrected chi connectivity index (χ4v) is 3.28. The second-order valence-corrected chi connectivity index (χ2v) is 6.79. The molecule has 1 heterocycles. The fraction of sp³-hybridized carbons (Fsp3) is 0.235. The van der Waals surface area contributed by atoms with Gasteiger partial charge in [-0.15, -0.1) is 11.3 Å². The predicted molar refractivity (Wildman–Crippen MR) is 83.7 cm³/mol. The minimum Gasteiger partial charge on any atom is -0.241 e. The Bertz CT molecular complexity index is 768. The molecule has 0 bridgehead atoms. The Morgan fingerprint density at radius 1 is 1.00 bits per heavy atom. The van der Waals surface area contributed by atoms with Gasteiger partial charge in [0, 0.05) is 21.7 Å². The van der Waals surface area contributed by atoms with Crippen LogP contribution < -0.4 is 0 Å². The Kier molecular flexibility index (Phi) is 3.09. The van der Waals surface area contributed by atoms with Crippen molar-refractivity contribution in [3.05, 3.63) is 53.3 Å². The van der Waals surface area contributed by atoms with Gasteiger partial charge in [-0.1, -0.05) is 45.0 Å². The molecule has 20 heavy (non-hydrogen) atoms. The topological polar surface area (TPSA) is 12.9 Å². The zero-order valence-corrected chi connectivity index (χ0v) is 12.6. The van der Waals surface area contributed by atoms with Crippen LogP contribution in [0.3, 0.4) is 0 Å². The highest BCUT2D eigenvalue weighted by Crippen LogP contribution is 2.34. The van der Waals surface area contributed by atoms with E-state index < -0.39 is 0 Å². The number of aromatic nitrogens is 1. The molecule has 0 aliphatic heterocycles. The molecule has 0 aliphatic carbocycles. The van der Waals surface area contributed by atoms with Crippen LogP contribution in [0.15, 0.2) is 41.8 Å². The molecule has 3 rings (SSSR count). The van der Waals surface area contributed by atoms with Gasteiger partial charge in [-0.2, -0.15) is 0 Å². The molecule has 0 fully saturated rings. The molecule has 0 amide bonds. The highest BCUT2D eigenvalue weighted by Gasteiger charge is 2.19. The molecular weight excluding hydrogens is 269 g/mol. The van der Waals surface area contributed by atoms with Crippen molar-refractivity contribution in [1.29, 1.82) is 0 Å². The lowest BCUT2D eigenvalue weighted by Gasteiger charge is -2.14. The Morgan fingerprint density at radius 2 is 1.70 bits per heavy atom. The number of fused-ring (bicyclic) bond motifs is 1. The second kappa shape index (κ2) is 4.67. The highest BCUT2D eigenvalue weighted by atomic mass is 32.1. The number of hydrogen-bond acceptors (Lipinski definition) is 2. The molecule has 0 spiro atoms. The van der Waals surface area contributed by atoms with Crippen molar-refractivity contribution in [3.63, 3.8) is 0 Å². The molecule has 0 atom stereocenters. The number of nitrogens with zero attached hydrogens (tertiary/aromatic N) is 1. The number of halogens is 1. The lowest BCUT2D eigenvalue weighted by atomic mass is 9.93. The van der Waals surface area contributed by atoms with E-state index in [4.69, 9.17) is 4.98 Å². The zero-order chi connectivity index (χ0) is 14.3. The summed E-state index contributed by atoms with van der Waals surface area (Å²) in [7, 11) is 0. The monoisotopic (exact) mass is 285 g/mol. The van der Waals surface area contributed by atoms with E-state index in [0.29, 0.717) is 5.39 Å². The fourth-order valence-electron chi connectivity index (χ4n) is 2.19. The normalized spacial score (nSPS) is 12.0. The summed E-state index contributed by atoms with van der Waals surface area (Å²) >= 11 is 1.62. The molecule has 0 radical (unpaired) electrons. The third kappa shape index (κ3) is 2.22. The molecule has 1 aromatic heterocycles. The third-order valence-corrected chi connectivity index (χ3v) is 4.25. The first kappa shape index (κ1) is 13.3. The zero-order valence-electron chi connectivity index (χ0n) is 11.8. The molecule has 0 saturated heterocycles. The first-order chi connectivity index (χ1) is 9.47. The van der Waals surface area contributed by atoms with Crippen molar-refractivity contribution in [3.8, 4) is 10.6 Å². The summed E-state index contributed by atoms with van der Waals surface area (Å²) in [5.41, 5.74) is 2.11. The summed E-state index contributed by atoms with van der Waals surface area (Å²) in [6.07, 6.45) is 0. The molecule has 2 aromatic carbocycles. The molecule has 0 saturated carbocycles. The van der Waals surface area contributed by atoms with Gasteiger partial charge in [0.2, 0.25) is 0 Å². The number of hydrogen-bond donors (Lipinski definition) is 0. The van der Waals surface area contributed by atoms with E-state index in [0.717, 1.165) is 21.7 Å². The van der Waals surface area contributed by atoms with E-state index >= 15 is 0 Å². The molecule has 0 N–H and O–H groups in total. The van der Waals surface area contributed by atoms with Crippen LogP contribution in [0.25, 0.3) is 21.3 Å². The van der Waals surface area contributed by atoms with Gasteiger partial charge in [-0.25, -0.2) is 9.37 Å². The van der Waals surface area contributed by atoms with E-state index in [1.807, 2.05) is 30.3 Å². The molecular formula is C17H16FNS. The van der Waals surface area contributed by atoms with Crippen LogP contribution in [0.5, 0.6) is 0 Å². The van der Waals surface area contributed by atoms with Crippen molar-refractivity contribution in [2.45, 2.75) is 26.2 Å². The summed E-state index contributed by atoms with van der Waals surface area (Å²) < 4.78 is 13.9. The summed E-state index contributed by atoms with van der Waals surface area (Å²) in [6, 6.07) is 10.9. The lowest BCUT2D eigenvalue weighted by molar-refractivity contribution is 0.573. The standard InChI is InChI=1S/C17H16FNS/c1-17(2,3)15-10-20-16(19-15)13-8-9-14(18)12-7-5-4-6-11(12)13/h4-10H,1-3H3. The van der Waals surface area contributed by atoms with Crippen LogP contribution in [0, 0.1) is 5.82 Å². The van der Waals surface area contributed by atoms with Crippen molar-refractivity contribution in [2.75, 3.05) is 0 Å². The predicted octanol–water partition coefficient (Wildman–Crippen LogP) is 5.40. The van der Waals surface area contributed by atoms with Crippen molar-refractivity contribution in [1.82, 2.24) is 4.98 Å². The largest absolute Gasteiger partial charge is 0.241 e. The second-order valence-electron chi connectivity index (χ2n) is 5.93. The van der Waals surface area contributed by atoms with Crippen LogP contribution in [0.4, 0.5) is 4.39 Å². The van der Waals surface area contributed by atoms with E-state index in [-0.39, 0.29) is 11.2 Å². The number of benzene rings is 2. The molecule has 102 valence electrons. The maximum absolute atomic E-state index is 13.9. The molecule has 3 aromatic rings. The molecule has 3 heteroatoms. The van der Waals surface area contributed by atoms with Gasteiger partial charge < -0.3 is 0 Å².